The highest BCUT2D eigenvalue weighted by Gasteiger charge is 2.30. The molecule has 0 amide bonds. The van der Waals surface area contributed by atoms with Crippen LogP contribution in [0.3, 0.4) is 0 Å². The van der Waals surface area contributed by atoms with E-state index in [4.69, 9.17) is 0 Å². The zero-order valence-corrected chi connectivity index (χ0v) is 27.9. The smallest absolute Gasteiger partial charge is 0.378 e. The highest BCUT2D eigenvalue weighted by Crippen LogP contribution is 2.40. The van der Waals surface area contributed by atoms with Gasteiger partial charge in [-0.1, -0.05) is 96.1 Å². The van der Waals surface area contributed by atoms with Crippen molar-refractivity contribution in [3.05, 3.63) is 124 Å². The predicted molar refractivity (Wildman–Crippen MR) is 184 cm³/mol. The van der Waals surface area contributed by atoms with Crippen molar-refractivity contribution in [2.75, 3.05) is 0 Å². The van der Waals surface area contributed by atoms with E-state index in [2.05, 4.69) is 134 Å². The van der Waals surface area contributed by atoms with Gasteiger partial charge in [-0.2, -0.15) is 0 Å². The van der Waals surface area contributed by atoms with Gasteiger partial charge in [0.15, 0.2) is 0 Å². The molecule has 0 bridgehead atoms. The van der Waals surface area contributed by atoms with Crippen LogP contribution in [-0.2, 0) is 10.8 Å². The van der Waals surface area contributed by atoms with Gasteiger partial charge < -0.3 is 9.79 Å². The molecule has 0 saturated heterocycles. The van der Waals surface area contributed by atoms with E-state index in [0.29, 0.717) is 11.4 Å². The summed E-state index contributed by atoms with van der Waals surface area (Å²) < 4.78 is 30.6. The molecule has 2 heterocycles. The number of benzene rings is 3. The Hall–Kier alpha value is -3.86. The summed E-state index contributed by atoms with van der Waals surface area (Å²) in [7, 11) is -2.66. The van der Waals surface area contributed by atoms with Crippen LogP contribution in [0.1, 0.15) is 89.0 Å². The lowest BCUT2D eigenvalue weighted by Crippen LogP contribution is -2.22. The molecular weight excluding hydrogens is 545 g/mol. The number of aromatic nitrogens is 1. The molecule has 228 valence electrons. The Kier molecular flexibility index (Phi) is 8.30. The van der Waals surface area contributed by atoms with Crippen LogP contribution >= 0.6 is 0 Å². The van der Waals surface area contributed by atoms with Crippen LogP contribution in [0.15, 0.2) is 90.1 Å². The van der Waals surface area contributed by atoms with Gasteiger partial charge in [0, 0.05) is 28.7 Å². The Morgan fingerprint density at radius 3 is 1.57 bits per heavy atom. The van der Waals surface area contributed by atoms with Crippen molar-refractivity contribution in [3.63, 3.8) is 0 Å². The second-order valence-electron chi connectivity index (χ2n) is 14.5. The van der Waals surface area contributed by atoms with Crippen LogP contribution in [0, 0.1) is 13.8 Å². The minimum atomic E-state index is -2.66. The SMILES string of the molecule is CC1=CC(C)N/C1=C(/c1cc(-c2ccc(C(C)(C)C)cc2)cc(-c2ccc(C(C)(C)C)cc2)c1)c1c(C)cc(C)n1B(F)F. The molecule has 1 unspecified atom stereocenters. The largest absolute Gasteiger partial charge is 0.677 e. The summed E-state index contributed by atoms with van der Waals surface area (Å²) >= 11 is 0. The quantitative estimate of drug-likeness (QED) is 0.229. The monoisotopic (exact) mass is 590 g/mol. The zero-order valence-electron chi connectivity index (χ0n) is 27.9. The average molecular weight is 591 g/mol. The van der Waals surface area contributed by atoms with Crippen molar-refractivity contribution in [2.45, 2.75) is 86.1 Å². The van der Waals surface area contributed by atoms with E-state index in [1.165, 1.54) is 15.6 Å². The van der Waals surface area contributed by atoms with Crippen LogP contribution in [0.5, 0.6) is 0 Å². The zero-order chi connectivity index (χ0) is 32.1. The fraction of sp³-hybridized carbons (Fsp3) is 0.333. The molecule has 0 spiro atoms. The van der Waals surface area contributed by atoms with Gasteiger partial charge in [0.1, 0.15) is 0 Å². The molecule has 1 aliphatic rings. The number of halogens is 2. The van der Waals surface area contributed by atoms with Crippen LogP contribution in [0.2, 0.25) is 0 Å². The number of nitrogens with zero attached hydrogens (tertiary/aromatic N) is 1. The van der Waals surface area contributed by atoms with E-state index in [9.17, 15) is 8.63 Å². The Morgan fingerprint density at radius 1 is 0.705 bits per heavy atom. The summed E-state index contributed by atoms with van der Waals surface area (Å²) in [5.41, 5.74) is 12.5. The summed E-state index contributed by atoms with van der Waals surface area (Å²) in [5, 5.41) is 3.60. The fourth-order valence-electron chi connectivity index (χ4n) is 6.33. The van der Waals surface area contributed by atoms with Crippen molar-refractivity contribution in [2.24, 2.45) is 0 Å². The minimum absolute atomic E-state index is 0.0443. The van der Waals surface area contributed by atoms with Crippen LogP contribution in [0.4, 0.5) is 8.63 Å². The first-order valence-electron chi connectivity index (χ1n) is 15.6. The van der Waals surface area contributed by atoms with E-state index in [-0.39, 0.29) is 16.9 Å². The second kappa shape index (κ2) is 11.6. The molecule has 3 aromatic carbocycles. The highest BCUT2D eigenvalue weighted by atomic mass is 19.2. The fourth-order valence-corrected chi connectivity index (χ4v) is 6.33. The molecule has 1 aliphatic heterocycles. The second-order valence-corrected chi connectivity index (χ2v) is 14.5. The molecule has 1 N–H and O–H groups in total. The number of rotatable bonds is 5. The molecule has 5 rings (SSSR count). The van der Waals surface area contributed by atoms with Crippen molar-refractivity contribution in [1.29, 1.82) is 0 Å². The molecule has 2 nitrogen and oxygen atoms in total. The van der Waals surface area contributed by atoms with Crippen molar-refractivity contribution in [3.8, 4) is 22.3 Å². The number of hydrogen-bond acceptors (Lipinski definition) is 1. The lowest BCUT2D eigenvalue weighted by molar-refractivity contribution is 0.590. The van der Waals surface area contributed by atoms with E-state index in [1.54, 1.807) is 6.92 Å². The third-order valence-corrected chi connectivity index (χ3v) is 8.76. The lowest BCUT2D eigenvalue weighted by Gasteiger charge is -2.22. The molecule has 0 fully saturated rings. The normalized spacial score (nSPS) is 16.5. The van der Waals surface area contributed by atoms with Gasteiger partial charge in [0.05, 0.1) is 0 Å². The van der Waals surface area contributed by atoms with Crippen molar-refractivity contribution in [1.82, 2.24) is 9.79 Å². The topological polar surface area (TPSA) is 17.0 Å². The summed E-state index contributed by atoms with van der Waals surface area (Å²) in [6.45, 7) is 21.1. The van der Waals surface area contributed by atoms with Gasteiger partial charge in [-0.05, 0) is 113 Å². The van der Waals surface area contributed by atoms with Crippen LogP contribution in [0.25, 0.3) is 27.8 Å². The molecular formula is C39H45BF2N2. The first kappa shape index (κ1) is 31.6. The maximum atomic E-state index is 14.7. The third kappa shape index (κ3) is 6.20. The molecule has 1 aromatic heterocycles. The highest BCUT2D eigenvalue weighted by molar-refractivity contribution is 6.41. The number of aryl methyl sites for hydroxylation is 2. The summed E-state index contributed by atoms with van der Waals surface area (Å²) in [6.07, 6.45) is 2.16. The molecule has 4 aromatic rings. The molecule has 0 saturated carbocycles. The molecule has 0 radical (unpaired) electrons. The molecule has 1 atom stereocenters. The van der Waals surface area contributed by atoms with Crippen molar-refractivity contribution < 1.29 is 8.63 Å². The maximum absolute atomic E-state index is 14.7. The number of allylic oxidation sites excluding steroid dienone is 1. The molecule has 44 heavy (non-hydrogen) atoms. The summed E-state index contributed by atoms with van der Waals surface area (Å²) in [5.74, 6) is 0. The van der Waals surface area contributed by atoms with Gasteiger partial charge in [0.25, 0.3) is 0 Å². The summed E-state index contributed by atoms with van der Waals surface area (Å²) in [6, 6.07) is 26.0. The standard InChI is InChI=1S/C39H45BF2N2/c1-24-19-26(3)43-36(24)35(37-25(2)20-27(4)44(37)40(41)42)32-22-30(28-11-15-33(16-12-28)38(5,6)7)21-31(23-32)29-13-17-34(18-14-29)39(8,9)10/h11-23,26,43H,1-10H3/b36-35-. The van der Waals surface area contributed by atoms with Gasteiger partial charge in [0.2, 0.25) is 0 Å². The van der Waals surface area contributed by atoms with E-state index >= 15 is 0 Å². The van der Waals surface area contributed by atoms with E-state index in [0.717, 1.165) is 50.2 Å². The average Bonchev–Trinajstić information content (AvgIpc) is 3.43. The predicted octanol–water partition coefficient (Wildman–Crippen LogP) is 10.5. The Balaban J connectivity index is 1.81. The number of nitrogens with one attached hydrogen (secondary N) is 1. The lowest BCUT2D eigenvalue weighted by atomic mass is 9.84. The van der Waals surface area contributed by atoms with Gasteiger partial charge in [-0.25, -0.2) is 0 Å². The Bertz CT molecular complexity index is 1670. The Labute approximate surface area is 263 Å². The van der Waals surface area contributed by atoms with Gasteiger partial charge in [-0.3, -0.25) is 8.63 Å². The van der Waals surface area contributed by atoms with Crippen molar-refractivity contribution >= 4 is 13.0 Å². The van der Waals surface area contributed by atoms with E-state index in [1.807, 2.05) is 13.0 Å². The third-order valence-electron chi connectivity index (χ3n) is 8.76. The Morgan fingerprint density at radius 2 is 1.18 bits per heavy atom. The van der Waals surface area contributed by atoms with Crippen LogP contribution < -0.4 is 5.32 Å². The van der Waals surface area contributed by atoms with Crippen LogP contribution in [-0.4, -0.2) is 17.9 Å². The first-order chi connectivity index (χ1) is 20.5. The molecule has 5 heteroatoms. The van der Waals surface area contributed by atoms with Gasteiger partial charge >= 0.3 is 7.40 Å². The summed E-state index contributed by atoms with van der Waals surface area (Å²) in [4.78, 5) is 0. The van der Waals surface area contributed by atoms with E-state index < -0.39 is 7.40 Å². The maximum Gasteiger partial charge on any atom is 0.677 e. The molecule has 0 aliphatic carbocycles. The minimum Gasteiger partial charge on any atom is -0.378 e. The number of hydrogen-bond donors (Lipinski definition) is 1. The van der Waals surface area contributed by atoms with Gasteiger partial charge in [-0.15, -0.1) is 0 Å². The first-order valence-corrected chi connectivity index (χ1v) is 15.6.